The van der Waals surface area contributed by atoms with Gasteiger partial charge in [-0.1, -0.05) is 78.0 Å². The first kappa shape index (κ1) is 27.6. The summed E-state index contributed by atoms with van der Waals surface area (Å²) in [6.45, 7) is 1.86. The summed E-state index contributed by atoms with van der Waals surface area (Å²) in [5.74, 6) is -0.169. The number of hydrogen-bond donors (Lipinski definition) is 1. The molecule has 0 saturated heterocycles. The number of carbonyl (C=O) groups is 2. The fraction of sp³-hybridized carbons (Fsp3) is 0.152. The van der Waals surface area contributed by atoms with Gasteiger partial charge in [-0.2, -0.15) is 0 Å². The van der Waals surface area contributed by atoms with Crippen LogP contribution in [0.1, 0.15) is 27.9 Å². The van der Waals surface area contributed by atoms with Crippen LogP contribution in [0.3, 0.4) is 0 Å². The molecule has 0 unspecified atom stereocenters. The number of benzene rings is 4. The van der Waals surface area contributed by atoms with Gasteiger partial charge in [-0.3, -0.25) is 9.59 Å². The molecule has 4 aromatic carbocycles. The van der Waals surface area contributed by atoms with Crippen LogP contribution in [0.4, 0.5) is 11.4 Å². The molecular formula is C33H30ClN3O2S. The average molecular weight is 568 g/mol. The predicted octanol–water partition coefficient (Wildman–Crippen LogP) is 7.28. The average Bonchev–Trinajstić information content (AvgIpc) is 2.98. The van der Waals surface area contributed by atoms with Crippen molar-refractivity contribution in [1.82, 2.24) is 5.32 Å². The summed E-state index contributed by atoms with van der Waals surface area (Å²) in [5.41, 5.74) is 4.46. The smallest absolute Gasteiger partial charge is 0.265 e. The third-order valence-corrected chi connectivity index (χ3v) is 8.00. The number of halogens is 1. The second kappa shape index (κ2) is 12.9. The number of para-hydroxylation sites is 2. The Hall–Kier alpha value is -4.00. The molecule has 0 saturated carbocycles. The minimum absolute atomic E-state index is 0.0639. The lowest BCUT2D eigenvalue weighted by Crippen LogP contribution is -2.33. The zero-order valence-electron chi connectivity index (χ0n) is 22.2. The van der Waals surface area contributed by atoms with Crippen LogP contribution < -0.4 is 15.1 Å². The van der Waals surface area contributed by atoms with Crippen LogP contribution in [0.5, 0.6) is 0 Å². The van der Waals surface area contributed by atoms with E-state index in [1.165, 1.54) is 11.8 Å². The van der Waals surface area contributed by atoms with E-state index < -0.39 is 0 Å². The first-order valence-electron chi connectivity index (χ1n) is 13.2. The minimum atomic E-state index is -0.105. The summed E-state index contributed by atoms with van der Waals surface area (Å²) >= 11 is 7.65. The largest absolute Gasteiger partial charge is 0.375 e. The van der Waals surface area contributed by atoms with Crippen LogP contribution in [-0.2, 0) is 11.3 Å². The van der Waals surface area contributed by atoms with Crippen molar-refractivity contribution in [3.05, 3.63) is 130 Å². The summed E-state index contributed by atoms with van der Waals surface area (Å²) in [6.07, 6.45) is 2.73. The Bertz CT molecular complexity index is 1520. The number of rotatable bonds is 9. The number of thioether (sulfide) groups is 1. The summed E-state index contributed by atoms with van der Waals surface area (Å²) in [5, 5.41) is 3.64. The van der Waals surface area contributed by atoms with Gasteiger partial charge >= 0.3 is 0 Å². The van der Waals surface area contributed by atoms with E-state index in [0.717, 1.165) is 40.4 Å². The molecule has 2 amide bonds. The zero-order valence-corrected chi connectivity index (χ0v) is 23.8. The third kappa shape index (κ3) is 6.76. The van der Waals surface area contributed by atoms with Gasteiger partial charge in [0.05, 0.1) is 17.1 Å². The van der Waals surface area contributed by atoms with Crippen molar-refractivity contribution in [2.75, 3.05) is 29.9 Å². The van der Waals surface area contributed by atoms with Crippen molar-refractivity contribution in [3.8, 4) is 0 Å². The molecule has 40 heavy (non-hydrogen) atoms. The molecule has 1 N–H and O–H groups in total. The molecular weight excluding hydrogens is 538 g/mol. The van der Waals surface area contributed by atoms with Crippen molar-refractivity contribution in [2.24, 2.45) is 0 Å². The fourth-order valence-electron chi connectivity index (χ4n) is 4.55. The number of nitrogens with zero attached hydrogens (tertiary/aromatic N) is 2. The predicted molar refractivity (Wildman–Crippen MR) is 166 cm³/mol. The Labute approximate surface area is 244 Å². The van der Waals surface area contributed by atoms with Crippen molar-refractivity contribution < 1.29 is 9.59 Å². The van der Waals surface area contributed by atoms with Crippen LogP contribution in [0.2, 0.25) is 5.02 Å². The maximum absolute atomic E-state index is 13.6. The lowest BCUT2D eigenvalue weighted by Gasteiger charge is -2.30. The van der Waals surface area contributed by atoms with Gasteiger partial charge in [0.2, 0.25) is 0 Å². The molecule has 0 bridgehead atoms. The highest BCUT2D eigenvalue weighted by atomic mass is 35.5. The molecule has 0 aromatic heterocycles. The summed E-state index contributed by atoms with van der Waals surface area (Å²) in [7, 11) is 2.05. The van der Waals surface area contributed by atoms with Crippen LogP contribution >= 0.6 is 23.4 Å². The molecule has 1 heterocycles. The van der Waals surface area contributed by atoms with Gasteiger partial charge in [0.1, 0.15) is 0 Å². The maximum Gasteiger partial charge on any atom is 0.265 e. The van der Waals surface area contributed by atoms with E-state index in [1.54, 1.807) is 17.0 Å². The van der Waals surface area contributed by atoms with Crippen LogP contribution in [0.25, 0.3) is 6.08 Å². The van der Waals surface area contributed by atoms with Crippen molar-refractivity contribution in [2.45, 2.75) is 17.9 Å². The van der Waals surface area contributed by atoms with E-state index in [2.05, 4.69) is 29.4 Å². The maximum atomic E-state index is 13.6. The molecule has 0 aliphatic carbocycles. The number of carbonyl (C=O) groups excluding carboxylic acids is 2. The highest BCUT2D eigenvalue weighted by Gasteiger charge is 2.29. The Morgan fingerprint density at radius 3 is 2.48 bits per heavy atom. The van der Waals surface area contributed by atoms with Gasteiger partial charge in [-0.25, -0.2) is 0 Å². The molecule has 0 atom stereocenters. The summed E-state index contributed by atoms with van der Waals surface area (Å²) in [6, 6.07) is 33.0. The van der Waals surface area contributed by atoms with Gasteiger partial charge in [-0.15, -0.1) is 0 Å². The molecule has 5 rings (SSSR count). The fourth-order valence-corrected chi connectivity index (χ4v) is 5.82. The van der Waals surface area contributed by atoms with E-state index in [4.69, 9.17) is 11.6 Å². The number of hydrogen-bond acceptors (Lipinski definition) is 4. The third-order valence-electron chi connectivity index (χ3n) is 6.69. The first-order valence-corrected chi connectivity index (χ1v) is 14.4. The lowest BCUT2D eigenvalue weighted by molar-refractivity contribution is -0.114. The van der Waals surface area contributed by atoms with Gasteiger partial charge in [0, 0.05) is 41.3 Å². The summed E-state index contributed by atoms with van der Waals surface area (Å²) < 4.78 is 0. The summed E-state index contributed by atoms with van der Waals surface area (Å²) in [4.78, 5) is 31.9. The monoisotopic (exact) mass is 567 g/mol. The van der Waals surface area contributed by atoms with Gasteiger partial charge in [0.15, 0.2) is 0 Å². The van der Waals surface area contributed by atoms with Gasteiger partial charge in [0.25, 0.3) is 11.8 Å². The minimum Gasteiger partial charge on any atom is -0.375 e. The molecule has 0 radical (unpaired) electrons. The first-order chi connectivity index (χ1) is 19.5. The van der Waals surface area contributed by atoms with E-state index in [9.17, 15) is 9.59 Å². The van der Waals surface area contributed by atoms with E-state index in [0.29, 0.717) is 28.6 Å². The van der Waals surface area contributed by atoms with E-state index >= 15 is 0 Å². The second-order valence-corrected chi connectivity index (χ2v) is 11.1. The van der Waals surface area contributed by atoms with Crippen LogP contribution in [-0.4, -0.2) is 32.0 Å². The Balaban J connectivity index is 1.22. The number of anilines is 2. The van der Waals surface area contributed by atoms with Crippen molar-refractivity contribution >= 4 is 52.6 Å². The lowest BCUT2D eigenvalue weighted by atomic mass is 10.1. The van der Waals surface area contributed by atoms with Crippen LogP contribution in [0.15, 0.2) is 113 Å². The molecule has 1 aliphatic rings. The number of amides is 2. The SMILES string of the molecule is CN(CCCNC(=O)c1ccc(/C=C2/Sc3ccccc3N(Cc3cccc(Cl)c3)C2=O)cc1)c1ccccc1. The molecule has 7 heteroatoms. The normalized spacial score (nSPS) is 13.7. The standard InChI is InChI=1S/C33H30ClN3O2S/c1-36(28-11-3-2-4-12-28)20-8-19-35-32(38)26-17-15-24(16-18-26)22-31-33(39)37(23-25-9-7-10-27(34)21-25)29-13-5-6-14-30(29)40-31/h2-7,9-18,21-22H,8,19-20,23H2,1H3,(H,35,38)/b31-22+. The number of nitrogens with one attached hydrogen (secondary N) is 1. The van der Waals surface area contributed by atoms with Gasteiger partial charge < -0.3 is 15.1 Å². The Morgan fingerprint density at radius 2 is 1.70 bits per heavy atom. The van der Waals surface area contributed by atoms with E-state index in [-0.39, 0.29) is 11.8 Å². The van der Waals surface area contributed by atoms with E-state index in [1.807, 2.05) is 84.9 Å². The molecule has 0 spiro atoms. The Morgan fingerprint density at radius 1 is 0.950 bits per heavy atom. The quantitative estimate of drug-likeness (QED) is 0.171. The van der Waals surface area contributed by atoms with Gasteiger partial charge in [-0.05, 0) is 72.2 Å². The topological polar surface area (TPSA) is 52.7 Å². The molecule has 202 valence electrons. The van der Waals surface area contributed by atoms with Crippen molar-refractivity contribution in [3.63, 3.8) is 0 Å². The zero-order chi connectivity index (χ0) is 27.9. The molecule has 0 fully saturated rings. The van der Waals surface area contributed by atoms with Crippen LogP contribution in [0, 0.1) is 0 Å². The molecule has 1 aliphatic heterocycles. The molecule has 5 nitrogen and oxygen atoms in total. The number of fused-ring (bicyclic) bond motifs is 1. The Kier molecular flexibility index (Phi) is 8.89. The second-order valence-electron chi connectivity index (χ2n) is 9.59. The highest BCUT2D eigenvalue weighted by molar-refractivity contribution is 8.04. The molecule has 4 aromatic rings. The highest BCUT2D eigenvalue weighted by Crippen LogP contribution is 2.42. The van der Waals surface area contributed by atoms with Crippen molar-refractivity contribution in [1.29, 1.82) is 0 Å².